The van der Waals surface area contributed by atoms with Gasteiger partial charge in [0.05, 0.1) is 11.0 Å². The molecule has 0 bridgehead atoms. The van der Waals surface area contributed by atoms with Gasteiger partial charge in [0.2, 0.25) is 0 Å². The molecule has 0 saturated carbocycles. The molecule has 0 spiro atoms. The van der Waals surface area contributed by atoms with Crippen molar-refractivity contribution in [2.24, 2.45) is 4.99 Å². The van der Waals surface area contributed by atoms with Crippen LogP contribution in [0.1, 0.15) is 22.7 Å². The quantitative estimate of drug-likeness (QED) is 0.183. The number of para-hydroxylation sites is 3. The first-order valence-electron chi connectivity index (χ1n) is 18.6. The van der Waals surface area contributed by atoms with E-state index in [1.807, 2.05) is 36.4 Å². The summed E-state index contributed by atoms with van der Waals surface area (Å²) < 4.78 is 15.2. The minimum atomic E-state index is -0.229. The fraction of sp³-hybridized carbons (Fsp3) is 0.0200. The third-order valence-corrected chi connectivity index (χ3v) is 11.2. The van der Waals surface area contributed by atoms with Crippen molar-refractivity contribution in [1.29, 1.82) is 0 Å². The van der Waals surface area contributed by atoms with Crippen LogP contribution >= 0.6 is 0 Å². The van der Waals surface area contributed by atoms with E-state index < -0.39 is 0 Å². The smallest absolute Gasteiger partial charge is 0.137 e. The maximum atomic E-state index is 6.69. The molecule has 0 saturated heterocycles. The SMILES string of the molecule is c1ccc(C2=Nc3ccccc3C(c3cccc4oc5cc(-n6c7ccccc7c7cc(-c8ccc9oc%10ccccc%10c9c8)ccc76)ccc5c34)[N-]2)cc1. The highest BCUT2D eigenvalue weighted by Crippen LogP contribution is 2.46. The van der Waals surface area contributed by atoms with E-state index in [2.05, 4.69) is 144 Å². The van der Waals surface area contributed by atoms with Crippen molar-refractivity contribution < 1.29 is 8.83 Å². The first kappa shape index (κ1) is 30.1. The summed E-state index contributed by atoms with van der Waals surface area (Å²) in [7, 11) is 0. The maximum Gasteiger partial charge on any atom is 0.137 e. The van der Waals surface area contributed by atoms with Crippen LogP contribution in [0.3, 0.4) is 0 Å². The third kappa shape index (κ3) is 4.57. The van der Waals surface area contributed by atoms with Gasteiger partial charge in [-0.15, -0.1) is 0 Å². The highest BCUT2D eigenvalue weighted by atomic mass is 16.3. The first-order chi connectivity index (χ1) is 27.2. The molecular formula is C50H30N3O2-. The largest absolute Gasteiger partial charge is 0.456 e. The van der Waals surface area contributed by atoms with E-state index in [1.54, 1.807) is 0 Å². The highest BCUT2D eigenvalue weighted by molar-refractivity contribution is 6.15. The van der Waals surface area contributed by atoms with Gasteiger partial charge in [-0.2, -0.15) is 0 Å². The number of rotatable bonds is 4. The van der Waals surface area contributed by atoms with Crippen LogP contribution in [0.25, 0.3) is 87.8 Å². The van der Waals surface area contributed by atoms with E-state index >= 15 is 0 Å². The molecule has 0 amide bonds. The predicted molar refractivity (Wildman–Crippen MR) is 225 cm³/mol. The van der Waals surface area contributed by atoms with Gasteiger partial charge in [0.25, 0.3) is 0 Å². The average molecular weight is 705 g/mol. The van der Waals surface area contributed by atoms with Crippen molar-refractivity contribution in [3.05, 3.63) is 198 Å². The zero-order chi connectivity index (χ0) is 36.0. The van der Waals surface area contributed by atoms with E-state index in [-0.39, 0.29) is 6.04 Å². The Kier molecular flexibility index (Phi) is 6.33. The molecule has 8 aromatic carbocycles. The lowest BCUT2D eigenvalue weighted by molar-refractivity contribution is 0.668. The van der Waals surface area contributed by atoms with Gasteiger partial charge in [0.1, 0.15) is 22.3 Å². The molecule has 0 N–H and O–H groups in total. The standard InChI is InChI=1S/C50H30N3O2/c1-2-11-30(12-3-1)50-51-41-17-7-4-15-36(41)49(52-50)38-16-10-20-46-48(38)37-24-23-33(29-47(37)55-46)53-42-18-8-5-13-34(42)39-27-31(21-25-43(39)53)32-22-26-45-40(28-32)35-14-6-9-19-44(35)54-45/h1-29,49H/q-1. The molecule has 55 heavy (non-hydrogen) atoms. The molecule has 258 valence electrons. The monoisotopic (exact) mass is 704 g/mol. The van der Waals surface area contributed by atoms with Crippen LogP contribution in [0.2, 0.25) is 0 Å². The number of aromatic nitrogens is 1. The van der Waals surface area contributed by atoms with E-state index in [0.717, 1.165) is 99.9 Å². The van der Waals surface area contributed by atoms with E-state index in [0.29, 0.717) is 0 Å². The Hall–Kier alpha value is -7.37. The zero-order valence-corrected chi connectivity index (χ0v) is 29.5. The zero-order valence-electron chi connectivity index (χ0n) is 29.5. The van der Waals surface area contributed by atoms with Crippen LogP contribution < -0.4 is 0 Å². The van der Waals surface area contributed by atoms with Gasteiger partial charge < -0.3 is 23.7 Å². The van der Waals surface area contributed by atoms with Crippen LogP contribution in [0.5, 0.6) is 0 Å². The lowest BCUT2D eigenvalue weighted by Crippen LogP contribution is -2.12. The predicted octanol–water partition coefficient (Wildman–Crippen LogP) is 13.8. The van der Waals surface area contributed by atoms with Gasteiger partial charge in [-0.05, 0) is 88.1 Å². The molecule has 1 aliphatic rings. The summed E-state index contributed by atoms with van der Waals surface area (Å²) >= 11 is 0. The van der Waals surface area contributed by atoms with Gasteiger partial charge in [-0.3, -0.25) is 0 Å². The van der Waals surface area contributed by atoms with Crippen molar-refractivity contribution in [1.82, 2.24) is 4.57 Å². The third-order valence-electron chi connectivity index (χ3n) is 11.2. The molecule has 0 radical (unpaired) electrons. The second-order valence-corrected chi connectivity index (χ2v) is 14.3. The van der Waals surface area contributed by atoms with Gasteiger partial charge in [-0.25, -0.2) is 0 Å². The first-order valence-corrected chi connectivity index (χ1v) is 18.6. The lowest BCUT2D eigenvalue weighted by atomic mass is 9.91. The van der Waals surface area contributed by atoms with E-state index in [9.17, 15) is 0 Å². The molecule has 3 aromatic heterocycles. The fourth-order valence-corrected chi connectivity index (χ4v) is 8.66. The van der Waals surface area contributed by atoms with Gasteiger partial charge in [-0.1, -0.05) is 121 Å². The Morgan fingerprint density at radius 2 is 1.13 bits per heavy atom. The molecule has 0 aliphatic carbocycles. The summed E-state index contributed by atoms with van der Waals surface area (Å²) in [6.07, 6.45) is 0. The Bertz CT molecular complexity index is 3360. The Labute approximate surface area is 315 Å². The van der Waals surface area contributed by atoms with Crippen molar-refractivity contribution in [3.8, 4) is 16.8 Å². The Morgan fingerprint density at radius 1 is 0.436 bits per heavy atom. The molecule has 11 aromatic rings. The summed E-state index contributed by atoms with van der Waals surface area (Å²) in [5.41, 5.74) is 13.3. The minimum absolute atomic E-state index is 0.229. The van der Waals surface area contributed by atoms with Crippen molar-refractivity contribution >= 4 is 77.2 Å². The van der Waals surface area contributed by atoms with Crippen LogP contribution in [0, 0.1) is 0 Å². The normalized spacial score (nSPS) is 14.3. The van der Waals surface area contributed by atoms with Gasteiger partial charge in [0.15, 0.2) is 0 Å². The van der Waals surface area contributed by atoms with Gasteiger partial charge >= 0.3 is 0 Å². The Morgan fingerprint density at radius 3 is 2.05 bits per heavy atom. The minimum Gasteiger partial charge on any atom is -0.456 e. The number of aliphatic imine (C=N–C) groups is 1. The molecule has 1 atom stereocenters. The molecule has 1 unspecified atom stereocenters. The molecule has 12 rings (SSSR count). The summed E-state index contributed by atoms with van der Waals surface area (Å²) in [6.45, 7) is 0. The van der Waals surface area contributed by atoms with Crippen LogP contribution in [0.15, 0.2) is 190 Å². The molecule has 4 heterocycles. The number of benzene rings is 8. The summed E-state index contributed by atoms with van der Waals surface area (Å²) in [5.74, 6) is 0.737. The molecule has 5 nitrogen and oxygen atoms in total. The number of nitrogens with zero attached hydrogens (tertiary/aromatic N) is 3. The molecule has 5 heteroatoms. The molecule has 1 aliphatic heterocycles. The summed E-state index contributed by atoms with van der Waals surface area (Å²) in [6, 6.07) is 61.4. The Balaban J connectivity index is 0.992. The topological polar surface area (TPSA) is 57.7 Å². The second-order valence-electron chi connectivity index (χ2n) is 14.3. The summed E-state index contributed by atoms with van der Waals surface area (Å²) in [5, 5.41) is 12.1. The lowest BCUT2D eigenvalue weighted by Gasteiger charge is -2.36. The number of amidine groups is 1. The van der Waals surface area contributed by atoms with E-state index in [4.69, 9.17) is 19.1 Å². The van der Waals surface area contributed by atoms with Crippen molar-refractivity contribution in [3.63, 3.8) is 0 Å². The highest BCUT2D eigenvalue weighted by Gasteiger charge is 2.23. The van der Waals surface area contributed by atoms with Gasteiger partial charge in [0, 0.05) is 50.1 Å². The van der Waals surface area contributed by atoms with Crippen molar-refractivity contribution in [2.75, 3.05) is 0 Å². The van der Waals surface area contributed by atoms with Crippen LogP contribution in [-0.4, -0.2) is 10.4 Å². The number of hydrogen-bond acceptors (Lipinski definition) is 3. The van der Waals surface area contributed by atoms with Crippen LogP contribution in [0.4, 0.5) is 5.69 Å². The number of hydrogen-bond donors (Lipinski definition) is 0. The number of furan rings is 2. The second kappa shape index (κ2) is 11.6. The average Bonchev–Trinajstić information content (AvgIpc) is 3.92. The summed E-state index contributed by atoms with van der Waals surface area (Å²) in [4.78, 5) is 4.97. The van der Waals surface area contributed by atoms with Crippen molar-refractivity contribution in [2.45, 2.75) is 6.04 Å². The van der Waals surface area contributed by atoms with Crippen LogP contribution in [-0.2, 0) is 0 Å². The van der Waals surface area contributed by atoms with E-state index in [1.165, 1.54) is 10.8 Å². The number of fused-ring (bicyclic) bond motifs is 10. The molecule has 0 fully saturated rings. The fourth-order valence-electron chi connectivity index (χ4n) is 8.66. The maximum absolute atomic E-state index is 6.69. The molecular weight excluding hydrogens is 675 g/mol.